The zero-order chi connectivity index (χ0) is 24.0. The van der Waals surface area contributed by atoms with Crippen molar-refractivity contribution in [1.29, 1.82) is 0 Å². The van der Waals surface area contributed by atoms with Gasteiger partial charge in [0.05, 0.1) is 5.69 Å². The second-order valence-electron chi connectivity index (χ2n) is 8.61. The summed E-state index contributed by atoms with van der Waals surface area (Å²) in [6.45, 7) is 3.28. The van der Waals surface area contributed by atoms with Gasteiger partial charge in [0, 0.05) is 48.4 Å². The fourth-order valence-corrected chi connectivity index (χ4v) is 4.94. The first-order valence-electron chi connectivity index (χ1n) is 11.7. The van der Waals surface area contributed by atoms with Crippen molar-refractivity contribution in [2.75, 3.05) is 6.54 Å². The lowest BCUT2D eigenvalue weighted by Gasteiger charge is -2.21. The van der Waals surface area contributed by atoms with Crippen LogP contribution in [0.4, 0.5) is 0 Å². The maximum Gasteiger partial charge on any atom is 0.246 e. The van der Waals surface area contributed by atoms with Gasteiger partial charge in [0.1, 0.15) is 0 Å². The Morgan fingerprint density at radius 1 is 0.971 bits per heavy atom. The first-order chi connectivity index (χ1) is 17.2. The molecule has 0 bridgehead atoms. The summed E-state index contributed by atoms with van der Waals surface area (Å²) in [7, 11) is 0. The van der Waals surface area contributed by atoms with Crippen LogP contribution in [0.1, 0.15) is 22.4 Å². The number of benzene rings is 3. The molecule has 0 atom stereocenters. The van der Waals surface area contributed by atoms with Crippen LogP contribution in [0.15, 0.2) is 103 Å². The van der Waals surface area contributed by atoms with Gasteiger partial charge in [-0.05, 0) is 24.1 Å². The Labute approximate surface area is 209 Å². The maximum atomic E-state index is 13.2. The Balaban J connectivity index is 1.34. The van der Waals surface area contributed by atoms with E-state index in [1.54, 1.807) is 17.4 Å². The molecule has 4 nitrogen and oxygen atoms in total. The van der Waals surface area contributed by atoms with Gasteiger partial charge in [-0.15, -0.1) is 11.3 Å². The van der Waals surface area contributed by atoms with Gasteiger partial charge in [0.25, 0.3) is 0 Å². The third kappa shape index (κ3) is 5.58. The van der Waals surface area contributed by atoms with Crippen LogP contribution in [0.25, 0.3) is 22.3 Å². The van der Waals surface area contributed by atoms with E-state index in [4.69, 9.17) is 4.98 Å². The number of thiazole rings is 1. The van der Waals surface area contributed by atoms with Gasteiger partial charge in [-0.2, -0.15) is 0 Å². The van der Waals surface area contributed by atoms with Gasteiger partial charge in [-0.25, -0.2) is 4.98 Å². The lowest BCUT2D eigenvalue weighted by molar-refractivity contribution is -0.126. The molecule has 0 aliphatic heterocycles. The minimum absolute atomic E-state index is 0.00940. The second kappa shape index (κ2) is 10.5. The fraction of sp³-hybridized carbons (Fsp3) is 0.133. The van der Waals surface area contributed by atoms with Crippen molar-refractivity contribution >= 4 is 28.3 Å². The topological polar surface area (TPSA) is 37.6 Å². The number of hydrogen-bond donors (Lipinski definition) is 0. The summed E-state index contributed by atoms with van der Waals surface area (Å²) in [4.78, 5) is 20.9. The van der Waals surface area contributed by atoms with Crippen molar-refractivity contribution in [3.8, 4) is 11.3 Å². The third-order valence-electron chi connectivity index (χ3n) is 6.01. The molecule has 0 radical (unpaired) electrons. The molecule has 5 aromatic rings. The van der Waals surface area contributed by atoms with Crippen molar-refractivity contribution in [3.05, 3.63) is 125 Å². The zero-order valence-electron chi connectivity index (χ0n) is 19.7. The van der Waals surface area contributed by atoms with E-state index in [9.17, 15) is 4.79 Å². The molecular weight excluding hydrogens is 450 g/mol. The summed E-state index contributed by atoms with van der Waals surface area (Å²) in [5, 5.41) is 2.15. The largest absolute Gasteiger partial charge is 0.334 e. The molecule has 5 heteroatoms. The Kier molecular flexibility index (Phi) is 6.87. The van der Waals surface area contributed by atoms with E-state index in [0.29, 0.717) is 13.1 Å². The molecule has 2 heterocycles. The molecule has 2 aromatic heterocycles. The third-order valence-corrected chi connectivity index (χ3v) is 6.90. The standard InChI is InChI=1S/C30H27N3OS/c1-23-12-15-26(16-13-23)28-21-33-27(22-35-30(33)31-28)18-19-32(20-25-10-6-3-7-11-25)29(34)17-14-24-8-4-2-5-9-24/h2-17,21-22H,18-20H2,1H3/b17-14+. The highest BCUT2D eigenvalue weighted by atomic mass is 32.1. The highest BCUT2D eigenvalue weighted by molar-refractivity contribution is 7.15. The highest BCUT2D eigenvalue weighted by Gasteiger charge is 2.15. The number of aryl methyl sites for hydroxylation is 1. The molecule has 5 rings (SSSR count). The van der Waals surface area contributed by atoms with Gasteiger partial charge in [0.2, 0.25) is 5.91 Å². The highest BCUT2D eigenvalue weighted by Crippen LogP contribution is 2.24. The summed E-state index contributed by atoms with van der Waals surface area (Å²) in [6.07, 6.45) is 6.41. The van der Waals surface area contributed by atoms with Gasteiger partial charge >= 0.3 is 0 Å². The number of fused-ring (bicyclic) bond motifs is 1. The van der Waals surface area contributed by atoms with Crippen LogP contribution in [0.5, 0.6) is 0 Å². The smallest absolute Gasteiger partial charge is 0.246 e. The summed E-state index contributed by atoms with van der Waals surface area (Å²) >= 11 is 1.64. The van der Waals surface area contributed by atoms with Crippen LogP contribution >= 0.6 is 11.3 Å². The molecule has 0 saturated carbocycles. The van der Waals surface area contributed by atoms with Crippen molar-refractivity contribution in [2.24, 2.45) is 0 Å². The van der Waals surface area contributed by atoms with E-state index in [2.05, 4.69) is 59.3 Å². The molecule has 174 valence electrons. The van der Waals surface area contributed by atoms with Crippen LogP contribution in [-0.2, 0) is 17.8 Å². The van der Waals surface area contributed by atoms with Crippen LogP contribution in [0.3, 0.4) is 0 Å². The number of carbonyl (C=O) groups excluding carboxylic acids is 1. The summed E-state index contributed by atoms with van der Waals surface area (Å²) in [5.41, 5.74) is 6.62. The number of aromatic nitrogens is 2. The quantitative estimate of drug-likeness (QED) is 0.235. The predicted molar refractivity (Wildman–Crippen MR) is 144 cm³/mol. The molecule has 3 aromatic carbocycles. The van der Waals surface area contributed by atoms with Crippen molar-refractivity contribution in [1.82, 2.24) is 14.3 Å². The predicted octanol–water partition coefficient (Wildman–Crippen LogP) is 6.66. The van der Waals surface area contributed by atoms with E-state index in [1.165, 1.54) is 5.56 Å². The molecule has 0 N–H and O–H groups in total. The number of amides is 1. The average Bonchev–Trinajstić information content (AvgIpc) is 3.48. The van der Waals surface area contributed by atoms with E-state index >= 15 is 0 Å². The van der Waals surface area contributed by atoms with E-state index in [0.717, 1.165) is 39.5 Å². The second-order valence-corrected chi connectivity index (χ2v) is 9.45. The normalized spacial score (nSPS) is 11.3. The molecule has 35 heavy (non-hydrogen) atoms. The molecule has 0 aliphatic carbocycles. The van der Waals surface area contributed by atoms with Gasteiger partial charge < -0.3 is 4.90 Å². The van der Waals surface area contributed by atoms with Crippen LogP contribution in [0, 0.1) is 6.92 Å². The van der Waals surface area contributed by atoms with Crippen molar-refractivity contribution in [2.45, 2.75) is 19.9 Å². The van der Waals surface area contributed by atoms with Crippen molar-refractivity contribution < 1.29 is 4.79 Å². The monoisotopic (exact) mass is 477 g/mol. The van der Waals surface area contributed by atoms with Crippen LogP contribution < -0.4 is 0 Å². The number of carbonyl (C=O) groups is 1. The van der Waals surface area contributed by atoms with Gasteiger partial charge in [0.15, 0.2) is 4.96 Å². The van der Waals surface area contributed by atoms with E-state index < -0.39 is 0 Å². The Hall–Kier alpha value is -3.96. The molecule has 0 unspecified atom stereocenters. The molecule has 0 saturated heterocycles. The van der Waals surface area contributed by atoms with Crippen LogP contribution in [0.2, 0.25) is 0 Å². The van der Waals surface area contributed by atoms with E-state index in [1.807, 2.05) is 59.5 Å². The molecule has 0 fully saturated rings. The van der Waals surface area contributed by atoms with E-state index in [-0.39, 0.29) is 5.91 Å². The minimum Gasteiger partial charge on any atom is -0.334 e. The van der Waals surface area contributed by atoms with Crippen LogP contribution in [-0.4, -0.2) is 26.7 Å². The zero-order valence-corrected chi connectivity index (χ0v) is 20.5. The molecule has 0 spiro atoms. The number of hydrogen-bond acceptors (Lipinski definition) is 3. The van der Waals surface area contributed by atoms with Gasteiger partial charge in [-0.3, -0.25) is 9.20 Å². The maximum absolute atomic E-state index is 13.2. The Bertz CT molecular complexity index is 1430. The molecular formula is C30H27N3OS. The fourth-order valence-electron chi connectivity index (χ4n) is 4.03. The lowest BCUT2D eigenvalue weighted by Crippen LogP contribution is -2.31. The summed E-state index contributed by atoms with van der Waals surface area (Å²) in [6, 6.07) is 28.5. The molecule has 1 amide bonds. The Morgan fingerprint density at radius 2 is 1.69 bits per heavy atom. The first kappa shape index (κ1) is 22.8. The minimum atomic E-state index is 0.00940. The summed E-state index contributed by atoms with van der Waals surface area (Å²) in [5.74, 6) is 0.00940. The SMILES string of the molecule is Cc1ccc(-c2cn3c(CCN(Cc4ccccc4)C(=O)/C=C/c4ccccc4)csc3n2)cc1. The first-order valence-corrected chi connectivity index (χ1v) is 12.6. The van der Waals surface area contributed by atoms with Crippen molar-refractivity contribution in [3.63, 3.8) is 0 Å². The average molecular weight is 478 g/mol. The lowest BCUT2D eigenvalue weighted by atomic mass is 10.1. The number of rotatable bonds is 8. The van der Waals surface area contributed by atoms with Gasteiger partial charge in [-0.1, -0.05) is 90.5 Å². The summed E-state index contributed by atoms with van der Waals surface area (Å²) < 4.78 is 2.16. The number of imidazole rings is 1. The Morgan fingerprint density at radius 3 is 2.43 bits per heavy atom. The number of nitrogens with zero attached hydrogens (tertiary/aromatic N) is 3. The molecule has 0 aliphatic rings.